The van der Waals surface area contributed by atoms with Crippen LogP contribution in [0.1, 0.15) is 59.0 Å². The number of nitrogens with zero attached hydrogens (tertiary/aromatic N) is 2. The number of rotatable bonds is 4. The first-order chi connectivity index (χ1) is 9.81. The maximum atomic E-state index is 12.3. The molecule has 21 heavy (non-hydrogen) atoms. The van der Waals surface area contributed by atoms with E-state index < -0.39 is 0 Å². The zero-order valence-corrected chi connectivity index (χ0v) is 13.6. The molecule has 5 heteroatoms. The van der Waals surface area contributed by atoms with Gasteiger partial charge in [-0.3, -0.25) is 4.79 Å². The summed E-state index contributed by atoms with van der Waals surface area (Å²) in [6.07, 6.45) is 0. The third-order valence-corrected chi connectivity index (χ3v) is 3.72. The largest absolute Gasteiger partial charge is 0.444 e. The molecule has 114 valence electrons. The van der Waals surface area contributed by atoms with Crippen LogP contribution in [0.4, 0.5) is 0 Å². The number of oxazole rings is 1. The SMILES string of the molecule is Cc1nc(CNC(=O)c2cc(C)n(C(C)C)c2C)oc1C. The average molecular weight is 289 g/mol. The summed E-state index contributed by atoms with van der Waals surface area (Å²) in [6.45, 7) is 12.3. The van der Waals surface area contributed by atoms with Gasteiger partial charge in [0.2, 0.25) is 5.89 Å². The molecule has 1 N–H and O–H groups in total. The molecule has 0 bridgehead atoms. The van der Waals surface area contributed by atoms with Crippen molar-refractivity contribution < 1.29 is 9.21 Å². The van der Waals surface area contributed by atoms with Gasteiger partial charge in [0.1, 0.15) is 5.76 Å². The Balaban J connectivity index is 2.12. The molecule has 2 aromatic rings. The number of carbonyl (C=O) groups is 1. The van der Waals surface area contributed by atoms with Gasteiger partial charge in [0, 0.05) is 17.4 Å². The van der Waals surface area contributed by atoms with Crippen LogP contribution in [-0.4, -0.2) is 15.5 Å². The minimum atomic E-state index is -0.0940. The second-order valence-electron chi connectivity index (χ2n) is 5.68. The van der Waals surface area contributed by atoms with Gasteiger partial charge in [0.25, 0.3) is 5.91 Å². The molecule has 2 heterocycles. The highest BCUT2D eigenvalue weighted by atomic mass is 16.4. The Morgan fingerprint density at radius 1 is 1.33 bits per heavy atom. The predicted octanol–water partition coefficient (Wildman–Crippen LogP) is 3.22. The van der Waals surface area contributed by atoms with Crippen LogP contribution in [0.25, 0.3) is 0 Å². The Morgan fingerprint density at radius 2 is 2.00 bits per heavy atom. The van der Waals surface area contributed by atoms with Crippen molar-refractivity contribution in [3.8, 4) is 0 Å². The molecule has 1 amide bonds. The molecule has 0 spiro atoms. The summed E-state index contributed by atoms with van der Waals surface area (Å²) < 4.78 is 7.63. The third-order valence-electron chi connectivity index (χ3n) is 3.72. The van der Waals surface area contributed by atoms with Gasteiger partial charge in [-0.15, -0.1) is 0 Å². The molecule has 0 aliphatic rings. The maximum absolute atomic E-state index is 12.3. The highest BCUT2D eigenvalue weighted by Gasteiger charge is 2.17. The van der Waals surface area contributed by atoms with Crippen molar-refractivity contribution in [1.29, 1.82) is 0 Å². The highest BCUT2D eigenvalue weighted by Crippen LogP contribution is 2.20. The van der Waals surface area contributed by atoms with Crippen LogP contribution in [-0.2, 0) is 6.54 Å². The standard InChI is InChI=1S/C16H23N3O2/c1-9(2)19-10(3)7-14(12(19)5)16(20)17-8-15-18-11(4)13(6)21-15/h7,9H,8H2,1-6H3,(H,17,20). The number of nitrogens with one attached hydrogen (secondary N) is 1. The minimum Gasteiger partial charge on any atom is -0.444 e. The zero-order chi connectivity index (χ0) is 15.7. The first-order valence-corrected chi connectivity index (χ1v) is 7.20. The molecule has 0 radical (unpaired) electrons. The molecule has 0 aliphatic carbocycles. The van der Waals surface area contributed by atoms with E-state index in [2.05, 4.69) is 28.7 Å². The Kier molecular flexibility index (Phi) is 4.21. The molecule has 0 unspecified atom stereocenters. The van der Waals surface area contributed by atoms with E-state index in [1.807, 2.05) is 33.8 Å². The third kappa shape index (κ3) is 3.01. The molecule has 0 saturated heterocycles. The number of carbonyl (C=O) groups excluding carboxylic acids is 1. The Labute approximate surface area is 125 Å². The fraction of sp³-hybridized carbons (Fsp3) is 0.500. The predicted molar refractivity (Wildman–Crippen MR) is 81.4 cm³/mol. The molecule has 0 atom stereocenters. The van der Waals surface area contributed by atoms with E-state index in [-0.39, 0.29) is 5.91 Å². The Morgan fingerprint density at radius 3 is 2.48 bits per heavy atom. The van der Waals surface area contributed by atoms with E-state index in [0.29, 0.717) is 24.0 Å². The van der Waals surface area contributed by atoms with E-state index in [9.17, 15) is 4.79 Å². The molecule has 0 fully saturated rings. The summed E-state index contributed by atoms with van der Waals surface area (Å²) >= 11 is 0. The topological polar surface area (TPSA) is 60.1 Å². The van der Waals surface area contributed by atoms with E-state index in [1.54, 1.807) is 0 Å². The number of hydrogen-bond acceptors (Lipinski definition) is 3. The second kappa shape index (κ2) is 5.76. The van der Waals surface area contributed by atoms with Gasteiger partial charge in [0.15, 0.2) is 0 Å². The minimum absolute atomic E-state index is 0.0940. The van der Waals surface area contributed by atoms with E-state index in [0.717, 1.165) is 22.8 Å². The quantitative estimate of drug-likeness (QED) is 0.940. The van der Waals surface area contributed by atoms with Gasteiger partial charge < -0.3 is 14.3 Å². The molecular formula is C16H23N3O2. The monoisotopic (exact) mass is 289 g/mol. The summed E-state index contributed by atoms with van der Waals surface area (Å²) in [5.74, 6) is 1.23. The molecule has 0 aromatic carbocycles. The molecule has 0 aliphatic heterocycles. The van der Waals surface area contributed by atoms with Crippen LogP contribution in [0, 0.1) is 27.7 Å². The molecule has 0 saturated carbocycles. The van der Waals surface area contributed by atoms with Crippen LogP contribution in [0.2, 0.25) is 0 Å². The van der Waals surface area contributed by atoms with Crippen LogP contribution >= 0.6 is 0 Å². The lowest BCUT2D eigenvalue weighted by atomic mass is 10.2. The van der Waals surface area contributed by atoms with Crippen LogP contribution in [0.3, 0.4) is 0 Å². The summed E-state index contributed by atoms with van der Waals surface area (Å²) in [5.41, 5.74) is 3.65. The zero-order valence-electron chi connectivity index (χ0n) is 13.6. The van der Waals surface area contributed by atoms with Crippen molar-refractivity contribution in [3.05, 3.63) is 40.4 Å². The van der Waals surface area contributed by atoms with Gasteiger partial charge in [-0.05, 0) is 47.6 Å². The van der Waals surface area contributed by atoms with Crippen molar-refractivity contribution in [1.82, 2.24) is 14.9 Å². The van der Waals surface area contributed by atoms with Crippen molar-refractivity contribution in [2.75, 3.05) is 0 Å². The molecule has 2 aromatic heterocycles. The lowest BCUT2D eigenvalue weighted by molar-refractivity contribution is 0.0946. The first-order valence-electron chi connectivity index (χ1n) is 7.20. The molecular weight excluding hydrogens is 266 g/mol. The lowest BCUT2D eigenvalue weighted by Gasteiger charge is -2.13. The number of hydrogen-bond donors (Lipinski definition) is 1. The first kappa shape index (κ1) is 15.4. The molecule has 5 nitrogen and oxygen atoms in total. The van der Waals surface area contributed by atoms with Gasteiger partial charge >= 0.3 is 0 Å². The smallest absolute Gasteiger partial charge is 0.253 e. The van der Waals surface area contributed by atoms with Crippen LogP contribution in [0.5, 0.6) is 0 Å². The van der Waals surface area contributed by atoms with E-state index >= 15 is 0 Å². The highest BCUT2D eigenvalue weighted by molar-refractivity contribution is 5.95. The summed E-state index contributed by atoms with van der Waals surface area (Å²) in [6, 6.07) is 2.26. The van der Waals surface area contributed by atoms with Crippen LogP contribution in [0.15, 0.2) is 10.5 Å². The normalized spacial score (nSPS) is 11.2. The summed E-state index contributed by atoms with van der Waals surface area (Å²) in [5, 5.41) is 2.87. The van der Waals surface area contributed by atoms with Crippen molar-refractivity contribution in [2.45, 2.75) is 54.1 Å². The second-order valence-corrected chi connectivity index (χ2v) is 5.68. The number of aryl methyl sites for hydroxylation is 3. The Bertz CT molecular complexity index is 646. The van der Waals surface area contributed by atoms with Crippen LogP contribution < -0.4 is 5.32 Å². The van der Waals surface area contributed by atoms with Crippen molar-refractivity contribution >= 4 is 5.91 Å². The fourth-order valence-corrected chi connectivity index (χ4v) is 2.67. The van der Waals surface area contributed by atoms with Gasteiger partial charge in [-0.25, -0.2) is 4.98 Å². The average Bonchev–Trinajstić information content (AvgIpc) is 2.87. The van der Waals surface area contributed by atoms with Gasteiger partial charge in [-0.1, -0.05) is 0 Å². The van der Waals surface area contributed by atoms with Gasteiger partial charge in [-0.2, -0.15) is 0 Å². The van der Waals surface area contributed by atoms with E-state index in [4.69, 9.17) is 4.42 Å². The summed E-state index contributed by atoms with van der Waals surface area (Å²) in [4.78, 5) is 16.6. The Hall–Kier alpha value is -2.04. The lowest BCUT2D eigenvalue weighted by Crippen LogP contribution is -2.23. The molecule has 2 rings (SSSR count). The van der Waals surface area contributed by atoms with E-state index in [1.165, 1.54) is 0 Å². The number of aromatic nitrogens is 2. The summed E-state index contributed by atoms with van der Waals surface area (Å²) in [7, 11) is 0. The number of amides is 1. The maximum Gasteiger partial charge on any atom is 0.253 e. The fourth-order valence-electron chi connectivity index (χ4n) is 2.67. The van der Waals surface area contributed by atoms with Gasteiger partial charge in [0.05, 0.1) is 17.8 Å². The van der Waals surface area contributed by atoms with Crippen molar-refractivity contribution in [2.24, 2.45) is 0 Å². The van der Waals surface area contributed by atoms with Crippen molar-refractivity contribution in [3.63, 3.8) is 0 Å².